The van der Waals surface area contributed by atoms with E-state index in [0.717, 1.165) is 5.69 Å². The van der Waals surface area contributed by atoms with Crippen LogP contribution in [0.2, 0.25) is 0 Å². The number of benzene rings is 2. The van der Waals surface area contributed by atoms with Gasteiger partial charge in [-0.05, 0) is 42.3 Å². The van der Waals surface area contributed by atoms with Gasteiger partial charge in [-0.15, -0.1) is 11.3 Å². The Kier molecular flexibility index (Phi) is 6.03. The molecule has 3 aromatic rings. The fourth-order valence-electron chi connectivity index (χ4n) is 2.42. The van der Waals surface area contributed by atoms with Gasteiger partial charge in [0.2, 0.25) is 0 Å². The minimum atomic E-state index is -0.287. The van der Waals surface area contributed by atoms with Gasteiger partial charge in [0.15, 0.2) is 11.5 Å². The number of nitrogens with zero attached hydrogens (tertiary/aromatic N) is 1. The number of ether oxygens (including phenoxy) is 2. The maximum atomic E-state index is 13.6. The molecule has 2 aromatic carbocycles. The van der Waals surface area contributed by atoms with Gasteiger partial charge in [0.1, 0.15) is 12.4 Å². The third-order valence-corrected chi connectivity index (χ3v) is 4.61. The number of thiazole rings is 1. The second kappa shape index (κ2) is 8.64. The molecule has 0 aliphatic heterocycles. The van der Waals surface area contributed by atoms with E-state index in [2.05, 4.69) is 10.3 Å². The maximum absolute atomic E-state index is 13.6. The molecule has 0 saturated heterocycles. The molecule has 0 radical (unpaired) electrons. The molecule has 1 aromatic heterocycles. The summed E-state index contributed by atoms with van der Waals surface area (Å²) in [6.45, 7) is 2.26. The summed E-state index contributed by atoms with van der Waals surface area (Å²) in [5.74, 6) is 0.423. The molecular formula is C20H19FN2O3S. The number of halogens is 1. The molecule has 0 aliphatic carbocycles. The number of rotatable bonds is 7. The van der Waals surface area contributed by atoms with E-state index < -0.39 is 0 Å². The zero-order chi connectivity index (χ0) is 19.2. The van der Waals surface area contributed by atoms with E-state index in [9.17, 15) is 9.18 Å². The molecule has 0 atom stereocenters. The van der Waals surface area contributed by atoms with Crippen LogP contribution in [0.15, 0.2) is 47.3 Å². The predicted octanol–water partition coefficient (Wildman–Crippen LogP) is 4.11. The Morgan fingerprint density at radius 2 is 2.07 bits per heavy atom. The normalized spacial score (nSPS) is 10.5. The lowest BCUT2D eigenvalue weighted by molar-refractivity contribution is 0.0950. The number of hydrogen-bond acceptors (Lipinski definition) is 5. The standard InChI is InChI=1S/C20H19FN2O3S/c1-13-3-4-14(7-17(13)21)9-22-20(24)15-5-6-18(19(8-15)25-2)26-10-16-11-27-12-23-16/h3-8,11-12H,9-10H2,1-2H3,(H,22,24). The van der Waals surface area contributed by atoms with E-state index in [4.69, 9.17) is 9.47 Å². The van der Waals surface area contributed by atoms with Crippen molar-refractivity contribution < 1.29 is 18.7 Å². The molecule has 7 heteroatoms. The molecule has 0 saturated carbocycles. The number of hydrogen-bond donors (Lipinski definition) is 1. The Balaban J connectivity index is 1.64. The van der Waals surface area contributed by atoms with Crippen LogP contribution in [0.1, 0.15) is 27.2 Å². The average molecular weight is 386 g/mol. The van der Waals surface area contributed by atoms with Gasteiger partial charge in [-0.1, -0.05) is 12.1 Å². The lowest BCUT2D eigenvalue weighted by Gasteiger charge is -2.12. The highest BCUT2D eigenvalue weighted by molar-refractivity contribution is 7.07. The quantitative estimate of drug-likeness (QED) is 0.664. The van der Waals surface area contributed by atoms with Crippen LogP contribution in [-0.2, 0) is 13.2 Å². The molecule has 0 bridgehead atoms. The van der Waals surface area contributed by atoms with Crippen LogP contribution in [0.25, 0.3) is 0 Å². The molecule has 3 rings (SSSR count). The zero-order valence-corrected chi connectivity index (χ0v) is 15.8. The number of carbonyl (C=O) groups is 1. The van der Waals surface area contributed by atoms with Crippen LogP contribution in [0, 0.1) is 12.7 Å². The van der Waals surface area contributed by atoms with Crippen molar-refractivity contribution in [1.82, 2.24) is 10.3 Å². The fourth-order valence-corrected chi connectivity index (χ4v) is 2.96. The number of methoxy groups -OCH3 is 1. The van der Waals surface area contributed by atoms with Crippen molar-refractivity contribution in [1.29, 1.82) is 0 Å². The topological polar surface area (TPSA) is 60.5 Å². The summed E-state index contributed by atoms with van der Waals surface area (Å²) in [5.41, 5.74) is 4.27. The molecule has 0 unspecified atom stereocenters. The van der Waals surface area contributed by atoms with Crippen LogP contribution in [0.5, 0.6) is 11.5 Å². The first-order valence-electron chi connectivity index (χ1n) is 8.28. The Bertz CT molecular complexity index is 929. The average Bonchev–Trinajstić information content (AvgIpc) is 3.20. The van der Waals surface area contributed by atoms with E-state index in [1.165, 1.54) is 24.5 Å². The van der Waals surface area contributed by atoms with Crippen LogP contribution >= 0.6 is 11.3 Å². The maximum Gasteiger partial charge on any atom is 0.251 e. The summed E-state index contributed by atoms with van der Waals surface area (Å²) in [4.78, 5) is 16.5. The smallest absolute Gasteiger partial charge is 0.251 e. The Hall–Kier alpha value is -2.93. The molecule has 0 spiro atoms. The Labute approximate surface area is 160 Å². The summed E-state index contributed by atoms with van der Waals surface area (Å²) in [6.07, 6.45) is 0. The van der Waals surface area contributed by atoms with Gasteiger partial charge >= 0.3 is 0 Å². The minimum Gasteiger partial charge on any atom is -0.493 e. The van der Waals surface area contributed by atoms with Gasteiger partial charge in [0, 0.05) is 17.5 Å². The highest BCUT2D eigenvalue weighted by Gasteiger charge is 2.12. The number of aryl methyl sites for hydroxylation is 1. The van der Waals surface area contributed by atoms with Gasteiger partial charge in [-0.2, -0.15) is 0 Å². The van der Waals surface area contributed by atoms with Crippen molar-refractivity contribution in [3.8, 4) is 11.5 Å². The second-order valence-electron chi connectivity index (χ2n) is 5.90. The first-order valence-corrected chi connectivity index (χ1v) is 9.22. The van der Waals surface area contributed by atoms with Crippen LogP contribution in [-0.4, -0.2) is 18.0 Å². The molecular weight excluding hydrogens is 367 g/mol. The van der Waals surface area contributed by atoms with Gasteiger partial charge in [0.05, 0.1) is 18.3 Å². The summed E-state index contributed by atoms with van der Waals surface area (Å²) in [5, 5.41) is 4.68. The largest absolute Gasteiger partial charge is 0.493 e. The van der Waals surface area contributed by atoms with Crippen molar-refractivity contribution in [3.63, 3.8) is 0 Å². The van der Waals surface area contributed by atoms with E-state index in [1.54, 1.807) is 42.8 Å². The fraction of sp³-hybridized carbons (Fsp3) is 0.200. The third-order valence-electron chi connectivity index (χ3n) is 3.97. The SMILES string of the molecule is COc1cc(C(=O)NCc2ccc(C)c(F)c2)ccc1OCc1cscn1. The van der Waals surface area contributed by atoms with E-state index in [-0.39, 0.29) is 18.3 Å². The number of amides is 1. The van der Waals surface area contributed by atoms with Crippen molar-refractivity contribution in [2.24, 2.45) is 0 Å². The zero-order valence-electron chi connectivity index (χ0n) is 15.0. The first-order chi connectivity index (χ1) is 13.1. The first kappa shape index (κ1) is 18.8. The third kappa shape index (κ3) is 4.83. The number of carbonyl (C=O) groups excluding carboxylic acids is 1. The second-order valence-corrected chi connectivity index (χ2v) is 6.62. The van der Waals surface area contributed by atoms with Gasteiger partial charge < -0.3 is 14.8 Å². The molecule has 27 heavy (non-hydrogen) atoms. The molecule has 1 N–H and O–H groups in total. The summed E-state index contributed by atoms with van der Waals surface area (Å²) >= 11 is 1.50. The minimum absolute atomic E-state index is 0.237. The Morgan fingerprint density at radius 3 is 2.78 bits per heavy atom. The summed E-state index contributed by atoms with van der Waals surface area (Å²) in [7, 11) is 1.52. The van der Waals surface area contributed by atoms with Crippen molar-refractivity contribution >= 4 is 17.2 Å². The molecule has 0 fully saturated rings. The van der Waals surface area contributed by atoms with Crippen molar-refractivity contribution in [2.75, 3.05) is 7.11 Å². The highest BCUT2D eigenvalue weighted by atomic mass is 32.1. The van der Waals surface area contributed by atoms with Crippen LogP contribution in [0.3, 0.4) is 0 Å². The van der Waals surface area contributed by atoms with Crippen LogP contribution < -0.4 is 14.8 Å². The van der Waals surface area contributed by atoms with E-state index >= 15 is 0 Å². The highest BCUT2D eigenvalue weighted by Crippen LogP contribution is 2.29. The lowest BCUT2D eigenvalue weighted by Crippen LogP contribution is -2.22. The monoisotopic (exact) mass is 386 g/mol. The molecule has 0 aliphatic rings. The molecule has 140 valence electrons. The van der Waals surface area contributed by atoms with Crippen molar-refractivity contribution in [2.45, 2.75) is 20.1 Å². The van der Waals surface area contributed by atoms with E-state index in [1.807, 2.05) is 5.38 Å². The molecule has 1 heterocycles. The van der Waals surface area contributed by atoms with Crippen LogP contribution in [0.4, 0.5) is 4.39 Å². The van der Waals surface area contributed by atoms with Gasteiger partial charge in [-0.3, -0.25) is 4.79 Å². The molecule has 1 amide bonds. The van der Waals surface area contributed by atoms with E-state index in [0.29, 0.717) is 34.8 Å². The van der Waals surface area contributed by atoms with Gasteiger partial charge in [-0.25, -0.2) is 9.37 Å². The number of aromatic nitrogens is 1. The number of nitrogens with one attached hydrogen (secondary N) is 1. The van der Waals surface area contributed by atoms with Crippen molar-refractivity contribution in [3.05, 3.63) is 75.5 Å². The Morgan fingerprint density at radius 1 is 1.22 bits per heavy atom. The predicted molar refractivity (Wildman–Crippen MR) is 102 cm³/mol. The lowest BCUT2D eigenvalue weighted by atomic mass is 10.1. The summed E-state index contributed by atoms with van der Waals surface area (Å²) in [6, 6.07) is 9.85. The molecule has 5 nitrogen and oxygen atoms in total. The summed E-state index contributed by atoms with van der Waals surface area (Å²) < 4.78 is 24.6. The van der Waals surface area contributed by atoms with Gasteiger partial charge in [0.25, 0.3) is 5.91 Å².